The van der Waals surface area contributed by atoms with Crippen molar-refractivity contribution in [2.24, 2.45) is 5.92 Å². The van der Waals surface area contributed by atoms with Crippen LogP contribution in [0.15, 0.2) is 18.2 Å². The molecule has 1 aromatic rings. The normalized spacial score (nSPS) is 18.8. The Morgan fingerprint density at radius 3 is 3.05 bits per heavy atom. The van der Waals surface area contributed by atoms with Gasteiger partial charge in [0.15, 0.2) is 0 Å². The number of benzene rings is 1. The average Bonchev–Trinajstić information content (AvgIpc) is 2.50. The molecule has 1 amide bonds. The third-order valence-electron chi connectivity index (χ3n) is 3.93. The Morgan fingerprint density at radius 1 is 1.52 bits per heavy atom. The van der Waals surface area contributed by atoms with Crippen molar-refractivity contribution >= 4 is 17.5 Å². The summed E-state index contributed by atoms with van der Waals surface area (Å²) in [5.74, 6) is -0.0357. The molecule has 0 bridgehead atoms. The van der Waals surface area contributed by atoms with E-state index in [1.807, 2.05) is 4.90 Å². The van der Waals surface area contributed by atoms with Gasteiger partial charge in [0.25, 0.3) is 5.91 Å². The number of amides is 1. The van der Waals surface area contributed by atoms with E-state index in [1.165, 1.54) is 18.2 Å². The van der Waals surface area contributed by atoms with Crippen LogP contribution in [0, 0.1) is 11.7 Å². The van der Waals surface area contributed by atoms with Crippen LogP contribution >= 0.6 is 11.6 Å². The largest absolute Gasteiger partial charge is 0.385 e. The number of carbonyl (C=O) groups excluding carboxylic acids is 1. The van der Waals surface area contributed by atoms with Crippen molar-refractivity contribution in [2.75, 3.05) is 26.8 Å². The Bertz CT molecular complexity index is 495. The summed E-state index contributed by atoms with van der Waals surface area (Å²) in [5, 5.41) is -0.00509. The molecule has 2 rings (SSSR count). The zero-order chi connectivity index (χ0) is 15.2. The van der Waals surface area contributed by atoms with Gasteiger partial charge >= 0.3 is 0 Å². The predicted molar refractivity (Wildman–Crippen MR) is 81.1 cm³/mol. The maximum Gasteiger partial charge on any atom is 0.253 e. The van der Waals surface area contributed by atoms with Gasteiger partial charge in [0.1, 0.15) is 5.82 Å². The minimum atomic E-state index is -0.496. The van der Waals surface area contributed by atoms with Gasteiger partial charge in [-0.1, -0.05) is 11.6 Å². The fourth-order valence-electron chi connectivity index (χ4n) is 2.81. The number of halogens is 2. The number of carbonyl (C=O) groups is 1. The minimum absolute atomic E-state index is 0.00509. The average molecular weight is 314 g/mol. The van der Waals surface area contributed by atoms with Gasteiger partial charge in [-0.2, -0.15) is 0 Å². The summed E-state index contributed by atoms with van der Waals surface area (Å²) < 4.78 is 18.2. The molecular formula is C16H21ClFNO2. The molecule has 1 saturated heterocycles. The minimum Gasteiger partial charge on any atom is -0.385 e. The molecule has 0 aromatic heterocycles. The van der Waals surface area contributed by atoms with Gasteiger partial charge in [-0.05, 0) is 49.8 Å². The van der Waals surface area contributed by atoms with Gasteiger partial charge in [-0.3, -0.25) is 4.79 Å². The highest BCUT2D eigenvalue weighted by molar-refractivity contribution is 6.31. The number of hydrogen-bond donors (Lipinski definition) is 0. The van der Waals surface area contributed by atoms with E-state index >= 15 is 0 Å². The standard InChI is InChI=1S/C16H21ClFNO2/c1-21-9-3-5-12-4-2-8-19(11-12)16(20)13-6-7-15(18)14(17)10-13/h6-7,10,12H,2-5,8-9,11H2,1H3. The zero-order valence-corrected chi connectivity index (χ0v) is 13.0. The van der Waals surface area contributed by atoms with Crippen LogP contribution in [0.3, 0.4) is 0 Å². The SMILES string of the molecule is COCCCC1CCCN(C(=O)c2ccc(F)c(Cl)c2)C1. The first-order valence-electron chi connectivity index (χ1n) is 7.35. The summed E-state index contributed by atoms with van der Waals surface area (Å²) in [4.78, 5) is 14.3. The van der Waals surface area contributed by atoms with Crippen LogP contribution in [-0.2, 0) is 4.74 Å². The predicted octanol–water partition coefficient (Wildman–Crippen LogP) is 3.76. The molecule has 0 saturated carbocycles. The molecule has 0 N–H and O–H groups in total. The van der Waals surface area contributed by atoms with Gasteiger partial charge in [0.2, 0.25) is 0 Å². The lowest BCUT2D eigenvalue weighted by molar-refractivity contribution is 0.0660. The number of rotatable bonds is 5. The van der Waals surface area contributed by atoms with Crippen LogP contribution < -0.4 is 0 Å². The maximum atomic E-state index is 13.2. The smallest absolute Gasteiger partial charge is 0.253 e. The fourth-order valence-corrected chi connectivity index (χ4v) is 2.99. The Labute approximate surface area is 130 Å². The molecule has 1 aromatic carbocycles. The van der Waals surface area contributed by atoms with Crippen molar-refractivity contribution < 1.29 is 13.9 Å². The van der Waals surface area contributed by atoms with E-state index in [0.717, 1.165) is 45.4 Å². The monoisotopic (exact) mass is 313 g/mol. The Morgan fingerprint density at radius 2 is 2.33 bits per heavy atom. The van der Waals surface area contributed by atoms with Crippen LogP contribution in [0.25, 0.3) is 0 Å². The van der Waals surface area contributed by atoms with Gasteiger partial charge < -0.3 is 9.64 Å². The summed E-state index contributed by atoms with van der Waals surface area (Å²) in [6.07, 6.45) is 4.25. The van der Waals surface area contributed by atoms with Crippen molar-refractivity contribution in [3.63, 3.8) is 0 Å². The lowest BCUT2D eigenvalue weighted by atomic mass is 9.93. The van der Waals surface area contributed by atoms with Crippen LogP contribution in [0.2, 0.25) is 5.02 Å². The summed E-state index contributed by atoms with van der Waals surface area (Å²) >= 11 is 5.75. The van der Waals surface area contributed by atoms with Crippen molar-refractivity contribution in [3.05, 3.63) is 34.6 Å². The summed E-state index contributed by atoms with van der Waals surface area (Å²) in [6, 6.07) is 4.15. The third kappa shape index (κ3) is 4.42. The van der Waals surface area contributed by atoms with Crippen LogP contribution in [0.1, 0.15) is 36.0 Å². The van der Waals surface area contributed by atoms with Crippen LogP contribution in [-0.4, -0.2) is 37.6 Å². The number of likely N-dealkylation sites (tertiary alicyclic amines) is 1. The molecule has 1 atom stereocenters. The number of ether oxygens (including phenoxy) is 1. The summed E-state index contributed by atoms with van der Waals surface area (Å²) in [6.45, 7) is 2.28. The second-order valence-corrected chi connectivity index (χ2v) is 5.93. The third-order valence-corrected chi connectivity index (χ3v) is 4.22. The van der Waals surface area contributed by atoms with Gasteiger partial charge in [0.05, 0.1) is 5.02 Å². The molecule has 3 nitrogen and oxygen atoms in total. The Hall–Kier alpha value is -1.13. The zero-order valence-electron chi connectivity index (χ0n) is 12.3. The van der Waals surface area contributed by atoms with Crippen molar-refractivity contribution in [1.29, 1.82) is 0 Å². The molecule has 1 aliphatic rings. The summed E-state index contributed by atoms with van der Waals surface area (Å²) in [7, 11) is 1.70. The quantitative estimate of drug-likeness (QED) is 0.775. The van der Waals surface area contributed by atoms with Crippen molar-refractivity contribution in [3.8, 4) is 0 Å². The highest BCUT2D eigenvalue weighted by Crippen LogP contribution is 2.24. The van der Waals surface area contributed by atoms with E-state index < -0.39 is 5.82 Å². The topological polar surface area (TPSA) is 29.5 Å². The molecule has 0 radical (unpaired) electrons. The molecule has 1 unspecified atom stereocenters. The Kier molecular flexibility index (Phi) is 6.00. The highest BCUT2D eigenvalue weighted by atomic mass is 35.5. The second kappa shape index (κ2) is 7.76. The molecule has 5 heteroatoms. The van der Waals surface area contributed by atoms with E-state index in [1.54, 1.807) is 7.11 Å². The highest BCUT2D eigenvalue weighted by Gasteiger charge is 2.24. The van der Waals surface area contributed by atoms with E-state index in [4.69, 9.17) is 16.3 Å². The molecule has 1 aliphatic heterocycles. The summed E-state index contributed by atoms with van der Waals surface area (Å²) in [5.41, 5.74) is 0.457. The van der Waals surface area contributed by atoms with Crippen LogP contribution in [0.5, 0.6) is 0 Å². The lowest BCUT2D eigenvalue weighted by Gasteiger charge is -2.33. The van der Waals surface area contributed by atoms with E-state index in [9.17, 15) is 9.18 Å². The molecule has 1 heterocycles. The van der Waals surface area contributed by atoms with Gasteiger partial charge in [-0.25, -0.2) is 4.39 Å². The molecule has 1 fully saturated rings. The molecule has 0 aliphatic carbocycles. The van der Waals surface area contributed by atoms with Crippen LogP contribution in [0.4, 0.5) is 4.39 Å². The molecular weight excluding hydrogens is 293 g/mol. The molecule has 0 spiro atoms. The molecule has 21 heavy (non-hydrogen) atoms. The van der Waals surface area contributed by atoms with Gasteiger partial charge in [0, 0.05) is 32.4 Å². The number of hydrogen-bond acceptors (Lipinski definition) is 2. The second-order valence-electron chi connectivity index (χ2n) is 5.52. The first-order valence-corrected chi connectivity index (χ1v) is 7.73. The first-order chi connectivity index (χ1) is 10.1. The lowest BCUT2D eigenvalue weighted by Crippen LogP contribution is -2.40. The van der Waals surface area contributed by atoms with Crippen molar-refractivity contribution in [1.82, 2.24) is 4.90 Å². The van der Waals surface area contributed by atoms with E-state index in [2.05, 4.69) is 0 Å². The van der Waals surface area contributed by atoms with E-state index in [0.29, 0.717) is 11.5 Å². The Balaban J connectivity index is 1.96. The number of nitrogens with zero attached hydrogens (tertiary/aromatic N) is 1. The van der Waals surface area contributed by atoms with Crippen molar-refractivity contribution in [2.45, 2.75) is 25.7 Å². The number of methoxy groups -OCH3 is 1. The van der Waals surface area contributed by atoms with E-state index in [-0.39, 0.29) is 10.9 Å². The maximum absolute atomic E-state index is 13.2. The fraction of sp³-hybridized carbons (Fsp3) is 0.562. The van der Waals surface area contributed by atoms with Gasteiger partial charge in [-0.15, -0.1) is 0 Å². The molecule has 116 valence electrons. The number of piperidine rings is 1. The first kappa shape index (κ1) is 16.2.